The average Bonchev–Trinajstić information content (AvgIpc) is 2.70. The van der Waals surface area contributed by atoms with Crippen LogP contribution in [0.4, 0.5) is 5.69 Å². The van der Waals surface area contributed by atoms with Crippen molar-refractivity contribution in [3.8, 4) is 0 Å². The van der Waals surface area contributed by atoms with E-state index in [-0.39, 0.29) is 6.04 Å². The molecule has 0 fully saturated rings. The molecular formula is C13H13BrClNS. The lowest BCUT2D eigenvalue weighted by Gasteiger charge is -2.16. The number of thiophene rings is 1. The molecule has 4 heteroatoms. The minimum absolute atomic E-state index is 0.266. The molecule has 0 aliphatic carbocycles. The Morgan fingerprint density at radius 1 is 1.35 bits per heavy atom. The molecular weight excluding hydrogens is 318 g/mol. The van der Waals surface area contributed by atoms with Gasteiger partial charge >= 0.3 is 0 Å². The van der Waals surface area contributed by atoms with Gasteiger partial charge in [-0.3, -0.25) is 0 Å². The normalized spacial score (nSPS) is 12.5. The van der Waals surface area contributed by atoms with Crippen molar-refractivity contribution in [2.24, 2.45) is 0 Å². The van der Waals surface area contributed by atoms with Crippen molar-refractivity contribution < 1.29 is 0 Å². The van der Waals surface area contributed by atoms with Crippen molar-refractivity contribution >= 4 is 44.6 Å². The molecule has 0 radical (unpaired) electrons. The van der Waals surface area contributed by atoms with Crippen LogP contribution in [-0.2, 0) is 0 Å². The Bertz CT molecular complexity index is 524. The largest absolute Gasteiger partial charge is 0.376 e. The van der Waals surface area contributed by atoms with E-state index in [0.29, 0.717) is 0 Å². The zero-order valence-electron chi connectivity index (χ0n) is 9.63. The third-order valence-corrected chi connectivity index (χ3v) is 4.62. The van der Waals surface area contributed by atoms with E-state index in [4.69, 9.17) is 11.6 Å². The molecule has 1 heterocycles. The van der Waals surface area contributed by atoms with Crippen LogP contribution >= 0.6 is 38.9 Å². The smallest absolute Gasteiger partial charge is 0.0638 e. The van der Waals surface area contributed by atoms with Crippen LogP contribution in [0.15, 0.2) is 34.1 Å². The standard InChI is InChI=1S/C13H13BrClNS/c1-8-5-6-17-13(8)9(2)16-12-7-10(14)3-4-11(12)15/h3-7,9,16H,1-2H3. The van der Waals surface area contributed by atoms with Crippen LogP contribution in [0.1, 0.15) is 23.4 Å². The van der Waals surface area contributed by atoms with Crippen molar-refractivity contribution in [1.82, 2.24) is 0 Å². The Balaban J connectivity index is 2.21. The molecule has 0 saturated carbocycles. The van der Waals surface area contributed by atoms with E-state index >= 15 is 0 Å². The summed E-state index contributed by atoms with van der Waals surface area (Å²) in [6.07, 6.45) is 0. The first-order valence-corrected chi connectivity index (χ1v) is 7.38. The second kappa shape index (κ2) is 5.42. The van der Waals surface area contributed by atoms with Crippen LogP contribution in [-0.4, -0.2) is 0 Å². The van der Waals surface area contributed by atoms with Gasteiger partial charge in [0.2, 0.25) is 0 Å². The number of anilines is 1. The van der Waals surface area contributed by atoms with Gasteiger partial charge in [-0.2, -0.15) is 0 Å². The van der Waals surface area contributed by atoms with Crippen molar-refractivity contribution in [3.05, 3.63) is 49.6 Å². The molecule has 0 saturated heterocycles. The highest BCUT2D eigenvalue weighted by molar-refractivity contribution is 9.10. The highest BCUT2D eigenvalue weighted by Gasteiger charge is 2.11. The van der Waals surface area contributed by atoms with Crippen LogP contribution in [0.25, 0.3) is 0 Å². The van der Waals surface area contributed by atoms with Crippen LogP contribution in [0, 0.1) is 6.92 Å². The molecule has 1 unspecified atom stereocenters. The Kier molecular flexibility index (Phi) is 4.13. The van der Waals surface area contributed by atoms with E-state index in [9.17, 15) is 0 Å². The summed E-state index contributed by atoms with van der Waals surface area (Å²) in [5.74, 6) is 0. The number of benzene rings is 1. The number of rotatable bonds is 3. The first kappa shape index (κ1) is 12.9. The molecule has 2 rings (SSSR count). The van der Waals surface area contributed by atoms with Gasteiger partial charge in [0.1, 0.15) is 0 Å². The van der Waals surface area contributed by atoms with Crippen molar-refractivity contribution in [3.63, 3.8) is 0 Å². The molecule has 1 aromatic carbocycles. The number of hydrogen-bond acceptors (Lipinski definition) is 2. The first-order chi connectivity index (χ1) is 8.08. The highest BCUT2D eigenvalue weighted by atomic mass is 79.9. The topological polar surface area (TPSA) is 12.0 Å². The van der Waals surface area contributed by atoms with Crippen LogP contribution < -0.4 is 5.32 Å². The maximum atomic E-state index is 6.16. The SMILES string of the molecule is Cc1ccsc1C(C)Nc1cc(Br)ccc1Cl. The van der Waals surface area contributed by atoms with Gasteiger partial charge in [0, 0.05) is 9.35 Å². The summed E-state index contributed by atoms with van der Waals surface area (Å²) in [6, 6.07) is 8.24. The maximum absolute atomic E-state index is 6.16. The monoisotopic (exact) mass is 329 g/mol. The Morgan fingerprint density at radius 2 is 2.12 bits per heavy atom. The van der Waals surface area contributed by atoms with E-state index in [2.05, 4.69) is 46.5 Å². The predicted octanol–water partition coefficient (Wildman–Crippen LogP) is 5.65. The third-order valence-electron chi connectivity index (χ3n) is 2.60. The molecule has 1 atom stereocenters. The fourth-order valence-corrected chi connectivity index (χ4v) is 3.20. The quantitative estimate of drug-likeness (QED) is 0.767. The number of nitrogens with one attached hydrogen (secondary N) is 1. The molecule has 1 aromatic heterocycles. The molecule has 90 valence electrons. The maximum Gasteiger partial charge on any atom is 0.0638 e. The third kappa shape index (κ3) is 3.03. The van der Waals surface area contributed by atoms with E-state index in [0.717, 1.165) is 15.2 Å². The van der Waals surface area contributed by atoms with Gasteiger partial charge < -0.3 is 5.32 Å². The highest BCUT2D eigenvalue weighted by Crippen LogP contribution is 2.31. The number of aryl methyl sites for hydroxylation is 1. The van der Waals surface area contributed by atoms with Gasteiger partial charge in [-0.05, 0) is 49.1 Å². The summed E-state index contributed by atoms with van der Waals surface area (Å²) in [7, 11) is 0. The number of hydrogen-bond donors (Lipinski definition) is 1. The molecule has 1 N–H and O–H groups in total. The van der Waals surface area contributed by atoms with Crippen LogP contribution in [0.5, 0.6) is 0 Å². The second-order valence-electron chi connectivity index (χ2n) is 3.96. The summed E-state index contributed by atoms with van der Waals surface area (Å²) >= 11 is 11.4. The first-order valence-electron chi connectivity index (χ1n) is 5.33. The zero-order chi connectivity index (χ0) is 12.4. The molecule has 0 aliphatic heterocycles. The fourth-order valence-electron chi connectivity index (χ4n) is 1.73. The molecule has 2 aromatic rings. The van der Waals surface area contributed by atoms with E-state index in [1.165, 1.54) is 10.4 Å². The lowest BCUT2D eigenvalue weighted by atomic mass is 10.2. The fraction of sp³-hybridized carbons (Fsp3) is 0.231. The van der Waals surface area contributed by atoms with E-state index in [1.807, 2.05) is 18.2 Å². The Morgan fingerprint density at radius 3 is 2.76 bits per heavy atom. The van der Waals surface area contributed by atoms with Gasteiger partial charge in [-0.25, -0.2) is 0 Å². The van der Waals surface area contributed by atoms with Gasteiger partial charge in [-0.1, -0.05) is 27.5 Å². The van der Waals surface area contributed by atoms with Crippen molar-refractivity contribution in [2.75, 3.05) is 5.32 Å². The molecule has 0 amide bonds. The molecule has 0 bridgehead atoms. The molecule has 1 nitrogen and oxygen atoms in total. The average molecular weight is 331 g/mol. The molecule has 17 heavy (non-hydrogen) atoms. The van der Waals surface area contributed by atoms with Crippen molar-refractivity contribution in [1.29, 1.82) is 0 Å². The zero-order valence-corrected chi connectivity index (χ0v) is 12.8. The summed E-state index contributed by atoms with van der Waals surface area (Å²) in [6.45, 7) is 4.28. The predicted molar refractivity (Wildman–Crippen MR) is 80.2 cm³/mol. The van der Waals surface area contributed by atoms with Crippen molar-refractivity contribution in [2.45, 2.75) is 19.9 Å². The van der Waals surface area contributed by atoms with E-state index in [1.54, 1.807) is 11.3 Å². The van der Waals surface area contributed by atoms with Gasteiger partial charge in [0.25, 0.3) is 0 Å². The van der Waals surface area contributed by atoms with Gasteiger partial charge in [-0.15, -0.1) is 11.3 Å². The van der Waals surface area contributed by atoms with Crippen LogP contribution in [0.2, 0.25) is 5.02 Å². The summed E-state index contributed by atoms with van der Waals surface area (Å²) in [5, 5.41) is 6.30. The summed E-state index contributed by atoms with van der Waals surface area (Å²) in [4.78, 5) is 1.35. The lowest BCUT2D eigenvalue weighted by molar-refractivity contribution is 0.899. The summed E-state index contributed by atoms with van der Waals surface area (Å²) in [5.41, 5.74) is 2.28. The second-order valence-corrected chi connectivity index (χ2v) is 6.23. The van der Waals surface area contributed by atoms with E-state index < -0.39 is 0 Å². The molecule has 0 spiro atoms. The number of halogens is 2. The van der Waals surface area contributed by atoms with Crippen LogP contribution in [0.3, 0.4) is 0 Å². The molecule has 0 aliphatic rings. The summed E-state index contributed by atoms with van der Waals surface area (Å²) < 4.78 is 1.03. The Labute approximate surface area is 119 Å². The van der Waals surface area contributed by atoms with Gasteiger partial charge in [0.05, 0.1) is 16.8 Å². The van der Waals surface area contributed by atoms with Gasteiger partial charge in [0.15, 0.2) is 0 Å². The lowest BCUT2D eigenvalue weighted by Crippen LogP contribution is -2.06. The Hall–Kier alpha value is -0.510. The minimum Gasteiger partial charge on any atom is -0.376 e. The minimum atomic E-state index is 0.266.